The number of aliphatic hydroxyl groups is 1. The van der Waals surface area contributed by atoms with Crippen LogP contribution in [0.4, 0.5) is 13.2 Å². The van der Waals surface area contributed by atoms with Crippen molar-refractivity contribution in [3.63, 3.8) is 0 Å². The van der Waals surface area contributed by atoms with E-state index in [0.29, 0.717) is 5.69 Å². The number of nitrogens with zero attached hydrogens (tertiary/aromatic N) is 1. The van der Waals surface area contributed by atoms with Gasteiger partial charge in [0, 0.05) is 11.9 Å². The first-order chi connectivity index (χ1) is 11.4. The summed E-state index contributed by atoms with van der Waals surface area (Å²) >= 11 is 0. The fourth-order valence-corrected chi connectivity index (χ4v) is 1.97. The second-order valence-corrected chi connectivity index (χ2v) is 5.18. The monoisotopic (exact) mass is 339 g/mol. The topological polar surface area (TPSA) is 59.4 Å². The SMILES string of the molecule is O=C(OCc1ccccc1)[C@H](O)CCc1ccc(C(F)(F)F)cn1. The van der Waals surface area contributed by atoms with Crippen molar-refractivity contribution in [2.24, 2.45) is 0 Å². The maximum Gasteiger partial charge on any atom is 0.417 e. The molecule has 0 bridgehead atoms. The Morgan fingerprint density at radius 2 is 1.88 bits per heavy atom. The normalized spacial score (nSPS) is 12.7. The number of alkyl halides is 3. The molecule has 1 aromatic carbocycles. The maximum absolute atomic E-state index is 12.4. The third kappa shape index (κ3) is 5.34. The second-order valence-electron chi connectivity index (χ2n) is 5.18. The van der Waals surface area contributed by atoms with E-state index in [1.807, 2.05) is 6.07 Å². The first-order valence-electron chi connectivity index (χ1n) is 7.27. The van der Waals surface area contributed by atoms with Gasteiger partial charge in [0.1, 0.15) is 6.61 Å². The molecule has 0 saturated heterocycles. The van der Waals surface area contributed by atoms with Crippen molar-refractivity contribution < 1.29 is 27.8 Å². The zero-order valence-electron chi connectivity index (χ0n) is 12.7. The number of esters is 1. The average Bonchev–Trinajstić information content (AvgIpc) is 2.58. The Balaban J connectivity index is 1.79. The van der Waals surface area contributed by atoms with Crippen LogP contribution >= 0.6 is 0 Å². The molecule has 0 fully saturated rings. The van der Waals surface area contributed by atoms with Gasteiger partial charge in [-0.2, -0.15) is 13.2 Å². The molecule has 1 N–H and O–H groups in total. The molecule has 24 heavy (non-hydrogen) atoms. The summed E-state index contributed by atoms with van der Waals surface area (Å²) in [6.45, 7) is 0.0509. The highest BCUT2D eigenvalue weighted by atomic mass is 19.4. The van der Waals surface area contributed by atoms with Crippen molar-refractivity contribution in [2.45, 2.75) is 31.7 Å². The van der Waals surface area contributed by atoms with Gasteiger partial charge in [0.05, 0.1) is 5.56 Å². The maximum atomic E-state index is 12.4. The highest BCUT2D eigenvalue weighted by Gasteiger charge is 2.30. The van der Waals surface area contributed by atoms with Crippen LogP contribution in [0.5, 0.6) is 0 Å². The first kappa shape index (κ1) is 17.9. The lowest BCUT2D eigenvalue weighted by Gasteiger charge is -2.11. The van der Waals surface area contributed by atoms with E-state index in [-0.39, 0.29) is 19.4 Å². The fraction of sp³-hybridized carbons (Fsp3) is 0.294. The minimum Gasteiger partial charge on any atom is -0.459 e. The Kier molecular flexibility index (Phi) is 5.92. The fourth-order valence-electron chi connectivity index (χ4n) is 1.97. The van der Waals surface area contributed by atoms with Crippen molar-refractivity contribution in [1.29, 1.82) is 0 Å². The summed E-state index contributed by atoms with van der Waals surface area (Å²) in [5.41, 5.74) is 0.314. The molecule has 0 amide bonds. The molecule has 0 saturated carbocycles. The number of halogens is 3. The number of rotatable bonds is 6. The predicted molar refractivity (Wildman–Crippen MR) is 79.8 cm³/mol. The zero-order chi connectivity index (χ0) is 17.6. The number of carbonyl (C=O) groups is 1. The Morgan fingerprint density at radius 1 is 1.17 bits per heavy atom. The van der Waals surface area contributed by atoms with Gasteiger partial charge in [-0.25, -0.2) is 4.79 Å². The Morgan fingerprint density at radius 3 is 2.46 bits per heavy atom. The molecule has 0 aliphatic carbocycles. The van der Waals surface area contributed by atoms with Crippen molar-refractivity contribution in [3.05, 3.63) is 65.5 Å². The first-order valence-corrected chi connectivity index (χ1v) is 7.27. The van der Waals surface area contributed by atoms with Crippen LogP contribution in [0.25, 0.3) is 0 Å². The standard InChI is InChI=1S/C17H16F3NO3/c18-17(19,20)13-6-7-14(21-10-13)8-9-15(22)16(23)24-11-12-4-2-1-3-5-12/h1-7,10,15,22H,8-9,11H2/t15-/m1/s1. The lowest BCUT2D eigenvalue weighted by molar-refractivity contribution is -0.155. The van der Waals surface area contributed by atoms with Crippen LogP contribution in [-0.2, 0) is 28.7 Å². The van der Waals surface area contributed by atoms with E-state index >= 15 is 0 Å². The van der Waals surface area contributed by atoms with E-state index < -0.39 is 23.8 Å². The third-order valence-corrected chi connectivity index (χ3v) is 3.32. The largest absolute Gasteiger partial charge is 0.459 e. The van der Waals surface area contributed by atoms with Crippen LogP contribution in [-0.4, -0.2) is 22.2 Å². The number of hydrogen-bond acceptors (Lipinski definition) is 4. The number of aliphatic hydroxyl groups excluding tert-OH is 1. The van der Waals surface area contributed by atoms with Gasteiger partial charge in [0.15, 0.2) is 6.10 Å². The van der Waals surface area contributed by atoms with Gasteiger partial charge in [-0.3, -0.25) is 4.98 Å². The third-order valence-electron chi connectivity index (χ3n) is 3.32. The van der Waals surface area contributed by atoms with Crippen molar-refractivity contribution in [1.82, 2.24) is 4.98 Å². The molecule has 0 radical (unpaired) electrons. The van der Waals surface area contributed by atoms with Crippen LogP contribution < -0.4 is 0 Å². The van der Waals surface area contributed by atoms with Crippen LogP contribution in [0.1, 0.15) is 23.2 Å². The van der Waals surface area contributed by atoms with Crippen LogP contribution in [0.2, 0.25) is 0 Å². The molecule has 128 valence electrons. The number of hydrogen-bond donors (Lipinski definition) is 1. The molecule has 7 heteroatoms. The van der Waals surface area contributed by atoms with Gasteiger partial charge in [0.2, 0.25) is 0 Å². The van der Waals surface area contributed by atoms with Crippen molar-refractivity contribution >= 4 is 5.97 Å². The molecular formula is C17H16F3NO3. The molecule has 1 aromatic heterocycles. The van der Waals surface area contributed by atoms with Crippen molar-refractivity contribution in [3.8, 4) is 0 Å². The van der Waals surface area contributed by atoms with E-state index in [1.165, 1.54) is 6.07 Å². The van der Waals surface area contributed by atoms with E-state index in [0.717, 1.165) is 17.8 Å². The van der Waals surface area contributed by atoms with Gasteiger partial charge in [-0.1, -0.05) is 30.3 Å². The summed E-state index contributed by atoms with van der Waals surface area (Å²) in [4.78, 5) is 15.4. The summed E-state index contributed by atoms with van der Waals surface area (Å²) < 4.78 is 42.3. The van der Waals surface area contributed by atoms with Gasteiger partial charge in [0.25, 0.3) is 0 Å². The molecular weight excluding hydrogens is 323 g/mol. The summed E-state index contributed by atoms with van der Waals surface area (Å²) in [5.74, 6) is -0.772. The van der Waals surface area contributed by atoms with Gasteiger partial charge < -0.3 is 9.84 Å². The highest BCUT2D eigenvalue weighted by molar-refractivity contribution is 5.74. The van der Waals surface area contributed by atoms with Gasteiger partial charge >= 0.3 is 12.1 Å². The summed E-state index contributed by atoms with van der Waals surface area (Å²) in [6.07, 6.45) is -4.87. The van der Waals surface area contributed by atoms with E-state index in [2.05, 4.69) is 4.98 Å². The number of aryl methyl sites for hydroxylation is 1. The smallest absolute Gasteiger partial charge is 0.417 e. The summed E-state index contributed by atoms with van der Waals surface area (Å²) in [5, 5.41) is 9.76. The number of ether oxygens (including phenoxy) is 1. The van der Waals surface area contributed by atoms with Crippen LogP contribution in [0, 0.1) is 0 Å². The molecule has 0 unspecified atom stereocenters. The summed E-state index contributed by atoms with van der Waals surface area (Å²) in [7, 11) is 0. The van der Waals surface area contributed by atoms with Crippen LogP contribution in [0.3, 0.4) is 0 Å². The number of benzene rings is 1. The molecule has 4 nitrogen and oxygen atoms in total. The number of aromatic nitrogens is 1. The molecule has 1 atom stereocenters. The predicted octanol–water partition coefficient (Wildman–Crippen LogP) is 3.14. The molecule has 1 heterocycles. The Bertz CT molecular complexity index is 657. The van der Waals surface area contributed by atoms with E-state index in [9.17, 15) is 23.1 Å². The number of pyridine rings is 1. The summed E-state index contributed by atoms with van der Waals surface area (Å²) in [6, 6.07) is 11.1. The highest BCUT2D eigenvalue weighted by Crippen LogP contribution is 2.28. The van der Waals surface area contributed by atoms with Crippen LogP contribution in [0.15, 0.2) is 48.7 Å². The van der Waals surface area contributed by atoms with Gasteiger partial charge in [-0.05, 0) is 30.5 Å². The average molecular weight is 339 g/mol. The van der Waals surface area contributed by atoms with E-state index in [4.69, 9.17) is 4.74 Å². The molecule has 2 aromatic rings. The van der Waals surface area contributed by atoms with Crippen molar-refractivity contribution in [2.75, 3.05) is 0 Å². The molecule has 2 rings (SSSR count). The minimum absolute atomic E-state index is 0.0198. The second kappa shape index (κ2) is 7.92. The Labute approximate surface area is 136 Å². The Hall–Kier alpha value is -2.41. The zero-order valence-corrected chi connectivity index (χ0v) is 12.7. The quantitative estimate of drug-likeness (QED) is 0.822. The minimum atomic E-state index is -4.44. The van der Waals surface area contributed by atoms with Gasteiger partial charge in [-0.15, -0.1) is 0 Å². The molecule has 0 aliphatic heterocycles. The lowest BCUT2D eigenvalue weighted by atomic mass is 10.1. The molecule has 0 aliphatic rings. The number of carbonyl (C=O) groups excluding carboxylic acids is 1. The molecule has 0 spiro atoms. The lowest BCUT2D eigenvalue weighted by Crippen LogP contribution is -2.23. The van der Waals surface area contributed by atoms with E-state index in [1.54, 1.807) is 24.3 Å².